The first-order chi connectivity index (χ1) is 12.1. The van der Waals surface area contributed by atoms with Gasteiger partial charge >= 0.3 is 0 Å². The van der Waals surface area contributed by atoms with Crippen molar-refractivity contribution in [2.24, 2.45) is 5.10 Å². The first-order valence-electron chi connectivity index (χ1n) is 7.75. The van der Waals surface area contributed by atoms with Crippen LogP contribution in [0.25, 0.3) is 0 Å². The zero-order valence-electron chi connectivity index (χ0n) is 14.8. The smallest absolute Gasteiger partial charge is 0.244 e. The molecule has 2 aromatic rings. The lowest BCUT2D eigenvalue weighted by molar-refractivity contribution is -0.120. The summed E-state index contributed by atoms with van der Waals surface area (Å²) in [6.07, 6.45) is 0.237. The van der Waals surface area contributed by atoms with E-state index in [0.717, 1.165) is 16.9 Å². The van der Waals surface area contributed by atoms with Crippen LogP contribution >= 0.6 is 0 Å². The number of nitrogens with one attached hydrogen (secondary N) is 1. The summed E-state index contributed by atoms with van der Waals surface area (Å²) in [6.45, 7) is 1.80. The third kappa shape index (κ3) is 4.97. The van der Waals surface area contributed by atoms with Crippen molar-refractivity contribution in [3.63, 3.8) is 0 Å². The second-order valence-corrected chi connectivity index (χ2v) is 5.32. The highest BCUT2D eigenvalue weighted by Gasteiger charge is 2.09. The molecule has 0 aliphatic rings. The Morgan fingerprint density at radius 2 is 1.60 bits per heavy atom. The SMILES string of the molecule is COc1ccc(CC(=O)NN=C(C)c2ccc(OC)cc2OC)cc1. The molecule has 0 aliphatic heterocycles. The molecule has 0 bridgehead atoms. The van der Waals surface area contributed by atoms with Gasteiger partial charge in [-0.25, -0.2) is 5.43 Å². The van der Waals surface area contributed by atoms with E-state index in [9.17, 15) is 4.79 Å². The summed E-state index contributed by atoms with van der Waals surface area (Å²) in [5.41, 5.74) is 4.88. The van der Waals surface area contributed by atoms with Crippen molar-refractivity contribution in [3.8, 4) is 17.2 Å². The molecule has 0 heterocycles. The number of amides is 1. The van der Waals surface area contributed by atoms with E-state index in [2.05, 4.69) is 10.5 Å². The standard InChI is InChI=1S/C19H22N2O4/c1-13(17-10-9-16(24-3)12-18(17)25-4)20-21-19(22)11-14-5-7-15(23-2)8-6-14/h5-10,12H,11H2,1-4H3,(H,21,22). The molecule has 132 valence electrons. The molecular weight excluding hydrogens is 320 g/mol. The van der Waals surface area contributed by atoms with Gasteiger partial charge in [0, 0.05) is 11.6 Å². The summed E-state index contributed by atoms with van der Waals surface area (Å²) in [4.78, 5) is 12.1. The summed E-state index contributed by atoms with van der Waals surface area (Å²) >= 11 is 0. The third-order valence-corrected chi connectivity index (χ3v) is 3.67. The number of carbonyl (C=O) groups excluding carboxylic acids is 1. The molecule has 0 saturated carbocycles. The van der Waals surface area contributed by atoms with Crippen LogP contribution in [0, 0.1) is 0 Å². The molecule has 0 fully saturated rings. The zero-order chi connectivity index (χ0) is 18.2. The number of benzene rings is 2. The molecular formula is C19H22N2O4. The van der Waals surface area contributed by atoms with E-state index in [1.165, 1.54) is 0 Å². The minimum Gasteiger partial charge on any atom is -0.497 e. The third-order valence-electron chi connectivity index (χ3n) is 3.67. The fraction of sp³-hybridized carbons (Fsp3) is 0.263. The highest BCUT2D eigenvalue weighted by Crippen LogP contribution is 2.25. The second kappa shape index (κ2) is 8.73. The summed E-state index contributed by atoms with van der Waals surface area (Å²) in [5, 5.41) is 4.16. The monoisotopic (exact) mass is 342 g/mol. The molecule has 2 rings (SSSR count). The Morgan fingerprint density at radius 3 is 2.20 bits per heavy atom. The van der Waals surface area contributed by atoms with Crippen molar-refractivity contribution in [2.75, 3.05) is 21.3 Å². The molecule has 0 atom stereocenters. The lowest BCUT2D eigenvalue weighted by Gasteiger charge is -2.10. The van der Waals surface area contributed by atoms with Gasteiger partial charge in [-0.3, -0.25) is 4.79 Å². The van der Waals surface area contributed by atoms with Crippen LogP contribution in [-0.2, 0) is 11.2 Å². The van der Waals surface area contributed by atoms with E-state index >= 15 is 0 Å². The van der Waals surface area contributed by atoms with E-state index in [-0.39, 0.29) is 12.3 Å². The summed E-state index contributed by atoms with van der Waals surface area (Å²) in [6, 6.07) is 12.8. The maximum absolute atomic E-state index is 12.1. The minimum atomic E-state index is -0.197. The van der Waals surface area contributed by atoms with Gasteiger partial charge in [-0.05, 0) is 36.8 Å². The van der Waals surface area contributed by atoms with Crippen LogP contribution in [0.15, 0.2) is 47.6 Å². The molecule has 0 aromatic heterocycles. The highest BCUT2D eigenvalue weighted by atomic mass is 16.5. The molecule has 1 N–H and O–H groups in total. The largest absolute Gasteiger partial charge is 0.497 e. The van der Waals surface area contributed by atoms with Gasteiger partial charge in [-0.2, -0.15) is 5.10 Å². The number of hydrogen-bond acceptors (Lipinski definition) is 5. The van der Waals surface area contributed by atoms with Crippen LogP contribution < -0.4 is 19.6 Å². The van der Waals surface area contributed by atoms with Crippen molar-refractivity contribution in [1.82, 2.24) is 5.43 Å². The summed E-state index contributed by atoms with van der Waals surface area (Å²) < 4.78 is 15.6. The van der Waals surface area contributed by atoms with Gasteiger partial charge in [0.25, 0.3) is 0 Å². The highest BCUT2D eigenvalue weighted by molar-refractivity contribution is 6.01. The fourth-order valence-corrected chi connectivity index (χ4v) is 2.27. The molecule has 0 radical (unpaired) electrons. The summed E-state index contributed by atoms with van der Waals surface area (Å²) in [7, 11) is 4.77. The predicted molar refractivity (Wildman–Crippen MR) is 96.6 cm³/mol. The van der Waals surface area contributed by atoms with Gasteiger partial charge in [0.15, 0.2) is 0 Å². The Balaban J connectivity index is 2.03. The molecule has 1 amide bonds. The van der Waals surface area contributed by atoms with Crippen LogP contribution in [0.5, 0.6) is 17.2 Å². The number of hydrogen-bond donors (Lipinski definition) is 1. The average molecular weight is 342 g/mol. The average Bonchev–Trinajstić information content (AvgIpc) is 2.66. The maximum Gasteiger partial charge on any atom is 0.244 e. The lowest BCUT2D eigenvalue weighted by atomic mass is 10.1. The number of hydrazone groups is 1. The van der Waals surface area contributed by atoms with Gasteiger partial charge in [0.05, 0.1) is 33.5 Å². The molecule has 0 unspecified atom stereocenters. The van der Waals surface area contributed by atoms with E-state index in [1.54, 1.807) is 34.3 Å². The quantitative estimate of drug-likeness (QED) is 0.620. The van der Waals surface area contributed by atoms with Crippen LogP contribution in [0.3, 0.4) is 0 Å². The molecule has 25 heavy (non-hydrogen) atoms. The van der Waals surface area contributed by atoms with E-state index in [4.69, 9.17) is 14.2 Å². The maximum atomic E-state index is 12.1. The molecule has 2 aromatic carbocycles. The van der Waals surface area contributed by atoms with Crippen molar-refractivity contribution in [1.29, 1.82) is 0 Å². The predicted octanol–water partition coefficient (Wildman–Crippen LogP) is 2.80. The van der Waals surface area contributed by atoms with E-state index in [0.29, 0.717) is 17.2 Å². The molecule has 0 aliphatic carbocycles. The first-order valence-corrected chi connectivity index (χ1v) is 7.75. The molecule has 0 saturated heterocycles. The second-order valence-electron chi connectivity index (χ2n) is 5.32. The number of nitrogens with zero attached hydrogens (tertiary/aromatic N) is 1. The minimum absolute atomic E-state index is 0.197. The van der Waals surface area contributed by atoms with Crippen molar-refractivity contribution < 1.29 is 19.0 Å². The first kappa shape index (κ1) is 18.3. The normalized spacial score (nSPS) is 11.0. The number of methoxy groups -OCH3 is 3. The van der Waals surface area contributed by atoms with Crippen molar-refractivity contribution >= 4 is 11.6 Å². The van der Waals surface area contributed by atoms with Crippen molar-refractivity contribution in [3.05, 3.63) is 53.6 Å². The number of carbonyl (C=O) groups is 1. The topological polar surface area (TPSA) is 69.2 Å². The van der Waals surface area contributed by atoms with Gasteiger partial charge in [-0.1, -0.05) is 12.1 Å². The Hall–Kier alpha value is -3.02. The fourth-order valence-electron chi connectivity index (χ4n) is 2.27. The van der Waals surface area contributed by atoms with Crippen molar-refractivity contribution in [2.45, 2.75) is 13.3 Å². The molecule has 6 heteroatoms. The van der Waals surface area contributed by atoms with Crippen LogP contribution in [0.1, 0.15) is 18.1 Å². The Bertz CT molecular complexity index is 755. The zero-order valence-corrected chi connectivity index (χ0v) is 14.8. The van der Waals surface area contributed by atoms with Gasteiger partial charge < -0.3 is 14.2 Å². The van der Waals surface area contributed by atoms with E-state index in [1.807, 2.05) is 36.4 Å². The van der Waals surface area contributed by atoms with Crippen LogP contribution in [0.4, 0.5) is 0 Å². The summed E-state index contributed by atoms with van der Waals surface area (Å²) in [5.74, 6) is 1.88. The lowest BCUT2D eigenvalue weighted by Crippen LogP contribution is -2.21. The Morgan fingerprint density at radius 1 is 0.960 bits per heavy atom. The molecule has 0 spiro atoms. The Kier molecular flexibility index (Phi) is 6.39. The molecule has 6 nitrogen and oxygen atoms in total. The van der Waals surface area contributed by atoms with E-state index < -0.39 is 0 Å². The Labute approximate surface area is 147 Å². The van der Waals surface area contributed by atoms with Crippen LogP contribution in [0.2, 0.25) is 0 Å². The van der Waals surface area contributed by atoms with Gasteiger partial charge in [-0.15, -0.1) is 0 Å². The van der Waals surface area contributed by atoms with Gasteiger partial charge in [0.2, 0.25) is 5.91 Å². The number of rotatable bonds is 7. The van der Waals surface area contributed by atoms with Gasteiger partial charge in [0.1, 0.15) is 17.2 Å². The number of ether oxygens (including phenoxy) is 3. The van der Waals surface area contributed by atoms with Crippen LogP contribution in [-0.4, -0.2) is 32.9 Å².